The summed E-state index contributed by atoms with van der Waals surface area (Å²) in [6.07, 6.45) is 0. The fraction of sp³-hybridized carbons (Fsp3) is 0.192. The molecule has 0 atom stereocenters. The van der Waals surface area contributed by atoms with Crippen LogP contribution in [0.3, 0.4) is 0 Å². The zero-order valence-corrected chi connectivity index (χ0v) is 35.3. The van der Waals surface area contributed by atoms with Crippen molar-refractivity contribution in [3.63, 3.8) is 0 Å². The molecular weight excluding hydrogens is 733 g/mol. The summed E-state index contributed by atoms with van der Waals surface area (Å²) in [6.45, 7) is 17.2. The van der Waals surface area contributed by atoms with E-state index >= 15 is 0 Å². The fourth-order valence-electron chi connectivity index (χ4n) is 7.52. The van der Waals surface area contributed by atoms with E-state index in [2.05, 4.69) is 173 Å². The molecule has 0 aliphatic rings. The SMILES string of the molecule is CCN(CC)c1ccc(C(c2ccc(N(CC)CC)cc2)=c2ccc(=C(c3ccc(C)cc3)c3ccc(C)cc3)cc2)cc1.O=S(=O)(O)c1cccc2ccccc12. The van der Waals surface area contributed by atoms with Crippen LogP contribution in [0.5, 0.6) is 0 Å². The van der Waals surface area contributed by atoms with Crippen molar-refractivity contribution < 1.29 is 13.0 Å². The average molecular weight is 787 g/mol. The van der Waals surface area contributed by atoms with Crippen LogP contribution in [0.25, 0.3) is 21.9 Å². The molecule has 0 spiro atoms. The number of hydrogen-bond acceptors (Lipinski definition) is 4. The standard InChI is InChI=1S/C42H46N2.C10H8O3S/c1-7-43(8-2)39-27-23-37(24-28-39)42(38-25-29-40(30-26-38)44(9-3)10-4)36-21-19-35(20-22-36)41(33-15-11-31(5)12-16-33)34-17-13-32(6)14-18-34;11-14(12,13)10-7-3-5-8-4-1-2-6-9(8)10/h11-30H,7-10H2,1-6H3;1-7H,(H,11,12,13). The van der Waals surface area contributed by atoms with Gasteiger partial charge in [-0.25, -0.2) is 0 Å². The lowest BCUT2D eigenvalue weighted by Gasteiger charge is -2.22. The average Bonchev–Trinajstić information content (AvgIpc) is 3.24. The monoisotopic (exact) mass is 786 g/mol. The van der Waals surface area contributed by atoms with Crippen LogP contribution < -0.4 is 20.2 Å². The van der Waals surface area contributed by atoms with E-state index < -0.39 is 10.1 Å². The summed E-state index contributed by atoms with van der Waals surface area (Å²) < 4.78 is 31.0. The topological polar surface area (TPSA) is 60.9 Å². The largest absolute Gasteiger partial charge is 0.372 e. The van der Waals surface area contributed by atoms with E-state index in [0.717, 1.165) is 31.6 Å². The third kappa shape index (κ3) is 9.76. The zero-order chi connectivity index (χ0) is 41.2. The highest BCUT2D eigenvalue weighted by Crippen LogP contribution is 2.27. The quantitative estimate of drug-likeness (QED) is 0.132. The van der Waals surface area contributed by atoms with E-state index in [0.29, 0.717) is 5.39 Å². The molecule has 296 valence electrons. The third-order valence-electron chi connectivity index (χ3n) is 10.7. The van der Waals surface area contributed by atoms with Crippen LogP contribution in [0.2, 0.25) is 0 Å². The third-order valence-corrected chi connectivity index (χ3v) is 11.7. The van der Waals surface area contributed by atoms with E-state index in [9.17, 15) is 8.42 Å². The molecule has 0 radical (unpaired) electrons. The van der Waals surface area contributed by atoms with Crippen LogP contribution in [0.15, 0.2) is 169 Å². The Hall–Kier alpha value is -5.95. The van der Waals surface area contributed by atoms with Crippen molar-refractivity contribution in [2.24, 2.45) is 0 Å². The predicted octanol–water partition coefficient (Wildman–Crippen LogP) is 10.6. The van der Waals surface area contributed by atoms with E-state index in [1.165, 1.54) is 72.4 Å². The van der Waals surface area contributed by atoms with Crippen LogP contribution in [0.1, 0.15) is 61.1 Å². The lowest BCUT2D eigenvalue weighted by Crippen LogP contribution is -2.22. The van der Waals surface area contributed by atoms with Crippen molar-refractivity contribution in [3.8, 4) is 0 Å². The molecule has 0 bridgehead atoms. The highest BCUT2D eigenvalue weighted by Gasteiger charge is 2.13. The number of anilines is 2. The van der Waals surface area contributed by atoms with Crippen molar-refractivity contribution in [1.29, 1.82) is 0 Å². The molecule has 0 unspecified atom stereocenters. The molecule has 1 N–H and O–H groups in total. The molecule has 0 saturated carbocycles. The number of aryl methyl sites for hydroxylation is 2. The van der Waals surface area contributed by atoms with Gasteiger partial charge in [0.2, 0.25) is 0 Å². The Bertz CT molecular complexity index is 2550. The maximum atomic E-state index is 11.0. The van der Waals surface area contributed by atoms with Gasteiger partial charge in [0.25, 0.3) is 10.1 Å². The van der Waals surface area contributed by atoms with Gasteiger partial charge in [0.05, 0.1) is 0 Å². The van der Waals surface area contributed by atoms with Crippen molar-refractivity contribution in [2.75, 3.05) is 36.0 Å². The lowest BCUT2D eigenvalue weighted by molar-refractivity contribution is 0.484. The molecule has 7 rings (SSSR count). The molecule has 58 heavy (non-hydrogen) atoms. The lowest BCUT2D eigenvalue weighted by atomic mass is 9.92. The molecule has 6 heteroatoms. The first kappa shape index (κ1) is 41.7. The molecule has 7 aromatic rings. The van der Waals surface area contributed by atoms with Crippen molar-refractivity contribution in [3.05, 3.63) is 208 Å². The molecule has 5 nitrogen and oxygen atoms in total. The molecule has 0 aromatic heterocycles. The molecular formula is C52H54N2O3S. The van der Waals surface area contributed by atoms with E-state index in [-0.39, 0.29) is 4.90 Å². The summed E-state index contributed by atoms with van der Waals surface area (Å²) in [7, 11) is -4.13. The number of benzene rings is 7. The summed E-state index contributed by atoms with van der Waals surface area (Å²) in [6, 6.07) is 56.9. The second kappa shape index (κ2) is 19.0. The summed E-state index contributed by atoms with van der Waals surface area (Å²) in [5.41, 5.74) is 12.5. The molecule has 0 saturated heterocycles. The zero-order valence-electron chi connectivity index (χ0n) is 34.5. The van der Waals surface area contributed by atoms with E-state index in [4.69, 9.17) is 4.55 Å². The minimum atomic E-state index is -4.13. The first-order valence-corrected chi connectivity index (χ1v) is 21.6. The number of hydrogen-bond donors (Lipinski definition) is 1. The minimum Gasteiger partial charge on any atom is -0.372 e. The maximum absolute atomic E-state index is 11.0. The summed E-state index contributed by atoms with van der Waals surface area (Å²) >= 11 is 0. The van der Waals surface area contributed by atoms with E-state index in [1.54, 1.807) is 30.3 Å². The van der Waals surface area contributed by atoms with Crippen LogP contribution in [0, 0.1) is 13.8 Å². The van der Waals surface area contributed by atoms with Gasteiger partial charge < -0.3 is 9.80 Å². The number of nitrogens with zero attached hydrogens (tertiary/aromatic N) is 2. The summed E-state index contributed by atoms with van der Waals surface area (Å²) in [5.74, 6) is 0. The van der Waals surface area contributed by atoms with Gasteiger partial charge in [0.15, 0.2) is 0 Å². The molecule has 7 aromatic carbocycles. The van der Waals surface area contributed by atoms with Crippen LogP contribution in [-0.4, -0.2) is 39.1 Å². The maximum Gasteiger partial charge on any atom is 0.295 e. The Labute approximate surface area is 345 Å². The number of fused-ring (bicyclic) bond motifs is 1. The molecule has 0 amide bonds. The first-order valence-electron chi connectivity index (χ1n) is 20.2. The smallest absolute Gasteiger partial charge is 0.295 e. The van der Waals surface area contributed by atoms with Gasteiger partial charge >= 0.3 is 0 Å². The summed E-state index contributed by atoms with van der Waals surface area (Å²) in [5, 5.41) is 3.77. The van der Waals surface area contributed by atoms with Crippen molar-refractivity contribution in [1.82, 2.24) is 0 Å². The first-order chi connectivity index (χ1) is 28.0. The Kier molecular flexibility index (Phi) is 13.6. The van der Waals surface area contributed by atoms with Crippen LogP contribution in [0.4, 0.5) is 11.4 Å². The molecule has 0 aliphatic carbocycles. The fourth-order valence-corrected chi connectivity index (χ4v) is 8.23. The normalized spacial score (nSPS) is 11.1. The van der Waals surface area contributed by atoms with Gasteiger partial charge in [-0.2, -0.15) is 8.42 Å². The van der Waals surface area contributed by atoms with Gasteiger partial charge in [0, 0.05) is 42.9 Å². The van der Waals surface area contributed by atoms with Crippen molar-refractivity contribution >= 4 is 43.4 Å². The van der Waals surface area contributed by atoms with E-state index in [1.807, 2.05) is 6.07 Å². The Balaban J connectivity index is 0.000000339. The summed E-state index contributed by atoms with van der Waals surface area (Å²) in [4.78, 5) is 4.74. The van der Waals surface area contributed by atoms with Gasteiger partial charge in [-0.05, 0) is 121 Å². The highest BCUT2D eigenvalue weighted by molar-refractivity contribution is 7.86. The minimum absolute atomic E-state index is 0.0457. The highest BCUT2D eigenvalue weighted by atomic mass is 32.2. The van der Waals surface area contributed by atoms with Gasteiger partial charge in [0.1, 0.15) is 4.90 Å². The molecule has 0 fully saturated rings. The Morgan fingerprint density at radius 3 is 1.16 bits per heavy atom. The van der Waals surface area contributed by atoms with Crippen molar-refractivity contribution in [2.45, 2.75) is 46.4 Å². The molecule has 0 aliphatic heterocycles. The number of rotatable bonds is 11. The molecule has 0 heterocycles. The second-order valence-corrected chi connectivity index (χ2v) is 15.8. The Morgan fingerprint density at radius 2 is 0.793 bits per heavy atom. The van der Waals surface area contributed by atoms with Gasteiger partial charge in [-0.1, -0.05) is 145 Å². The van der Waals surface area contributed by atoms with Gasteiger partial charge in [-0.15, -0.1) is 0 Å². The van der Waals surface area contributed by atoms with Gasteiger partial charge in [-0.3, -0.25) is 4.55 Å². The predicted molar refractivity (Wildman–Crippen MR) is 245 cm³/mol. The Morgan fingerprint density at radius 1 is 0.448 bits per heavy atom. The van der Waals surface area contributed by atoms with Crippen LogP contribution in [-0.2, 0) is 10.1 Å². The second-order valence-electron chi connectivity index (χ2n) is 14.5. The van der Waals surface area contributed by atoms with Crippen LogP contribution >= 0.6 is 0 Å².